The summed E-state index contributed by atoms with van der Waals surface area (Å²) in [5.41, 5.74) is 5.85. The van der Waals surface area contributed by atoms with Crippen LogP contribution in [-0.4, -0.2) is 10.1 Å². The van der Waals surface area contributed by atoms with Crippen LogP contribution >= 0.6 is 0 Å². The number of nitrogens with zero attached hydrogens (tertiary/aromatic N) is 2. The second kappa shape index (κ2) is 4.27. The van der Waals surface area contributed by atoms with E-state index in [1.165, 1.54) is 0 Å². The zero-order valence-corrected chi connectivity index (χ0v) is 8.51. The van der Waals surface area contributed by atoms with Crippen molar-refractivity contribution in [2.24, 2.45) is 5.73 Å². The van der Waals surface area contributed by atoms with E-state index in [0.717, 1.165) is 12.8 Å². The maximum Gasteiger partial charge on any atom is 0.243 e. The van der Waals surface area contributed by atoms with Crippen molar-refractivity contribution in [2.45, 2.75) is 25.8 Å². The molecule has 1 unspecified atom stereocenters. The molecule has 0 saturated heterocycles. The lowest BCUT2D eigenvalue weighted by Gasteiger charge is -2.01. The van der Waals surface area contributed by atoms with Crippen LogP contribution in [0.25, 0.3) is 11.6 Å². The summed E-state index contributed by atoms with van der Waals surface area (Å²) in [5, 5.41) is 3.80. The molecule has 80 valence electrons. The Balaban J connectivity index is 2.17. The van der Waals surface area contributed by atoms with E-state index in [2.05, 4.69) is 17.1 Å². The largest absolute Gasteiger partial charge is 0.461 e. The first kappa shape index (κ1) is 9.92. The van der Waals surface area contributed by atoms with Crippen molar-refractivity contribution in [2.75, 3.05) is 0 Å². The maximum absolute atomic E-state index is 5.85. The van der Waals surface area contributed by atoms with Gasteiger partial charge in [0.05, 0.1) is 12.3 Å². The van der Waals surface area contributed by atoms with Gasteiger partial charge in [0.25, 0.3) is 0 Å². The number of furan rings is 1. The van der Waals surface area contributed by atoms with Crippen molar-refractivity contribution in [1.82, 2.24) is 10.1 Å². The van der Waals surface area contributed by atoms with Crippen LogP contribution in [0.15, 0.2) is 27.3 Å². The van der Waals surface area contributed by atoms with Crippen molar-refractivity contribution in [3.05, 3.63) is 24.3 Å². The van der Waals surface area contributed by atoms with E-state index in [-0.39, 0.29) is 6.04 Å². The van der Waals surface area contributed by atoms with Crippen molar-refractivity contribution < 1.29 is 8.94 Å². The third-order valence-electron chi connectivity index (χ3n) is 2.10. The Kier molecular flexibility index (Phi) is 2.82. The number of hydrogen-bond donors (Lipinski definition) is 1. The first-order chi connectivity index (χ1) is 7.31. The molecule has 0 aliphatic rings. The van der Waals surface area contributed by atoms with Crippen molar-refractivity contribution in [3.63, 3.8) is 0 Å². The molecule has 0 amide bonds. The van der Waals surface area contributed by atoms with E-state index in [0.29, 0.717) is 17.5 Å². The molecule has 0 aliphatic heterocycles. The normalized spacial score (nSPS) is 12.9. The summed E-state index contributed by atoms with van der Waals surface area (Å²) in [6.07, 6.45) is 3.39. The Bertz CT molecular complexity index is 408. The van der Waals surface area contributed by atoms with Gasteiger partial charge in [0, 0.05) is 0 Å². The van der Waals surface area contributed by atoms with E-state index in [9.17, 15) is 0 Å². The Morgan fingerprint density at radius 1 is 1.53 bits per heavy atom. The topological polar surface area (TPSA) is 78.1 Å². The second-order valence-electron chi connectivity index (χ2n) is 3.33. The summed E-state index contributed by atoms with van der Waals surface area (Å²) >= 11 is 0. The maximum atomic E-state index is 5.85. The van der Waals surface area contributed by atoms with Crippen LogP contribution in [0.4, 0.5) is 0 Å². The first-order valence-electron chi connectivity index (χ1n) is 4.94. The van der Waals surface area contributed by atoms with Crippen LogP contribution in [0, 0.1) is 0 Å². The van der Waals surface area contributed by atoms with E-state index >= 15 is 0 Å². The van der Waals surface area contributed by atoms with Gasteiger partial charge < -0.3 is 14.7 Å². The van der Waals surface area contributed by atoms with E-state index in [1.807, 2.05) is 0 Å². The summed E-state index contributed by atoms with van der Waals surface area (Å²) in [6.45, 7) is 2.06. The second-order valence-corrected chi connectivity index (χ2v) is 3.33. The van der Waals surface area contributed by atoms with Crippen LogP contribution in [0.3, 0.4) is 0 Å². The number of aromatic nitrogens is 2. The van der Waals surface area contributed by atoms with Crippen LogP contribution in [0.1, 0.15) is 31.7 Å². The Hall–Kier alpha value is -1.62. The molecule has 2 N–H and O–H groups in total. The van der Waals surface area contributed by atoms with Gasteiger partial charge in [-0.3, -0.25) is 0 Å². The van der Waals surface area contributed by atoms with Crippen LogP contribution < -0.4 is 5.73 Å². The van der Waals surface area contributed by atoms with Gasteiger partial charge in [-0.2, -0.15) is 4.98 Å². The predicted molar refractivity (Wildman–Crippen MR) is 53.8 cm³/mol. The van der Waals surface area contributed by atoms with Gasteiger partial charge in [-0.25, -0.2) is 0 Å². The predicted octanol–water partition coefficient (Wildman–Crippen LogP) is 2.13. The molecule has 0 bridgehead atoms. The average Bonchev–Trinajstić information content (AvgIpc) is 2.89. The highest BCUT2D eigenvalue weighted by Crippen LogP contribution is 2.19. The van der Waals surface area contributed by atoms with Crippen molar-refractivity contribution >= 4 is 0 Å². The average molecular weight is 207 g/mol. The Morgan fingerprint density at radius 3 is 3.07 bits per heavy atom. The standard InChI is InChI=1S/C10H13N3O2/c1-2-4-7(11)10-12-9(13-15-10)8-5-3-6-14-8/h3,5-7H,2,4,11H2,1H3. The molecule has 2 aromatic heterocycles. The van der Waals surface area contributed by atoms with E-state index < -0.39 is 0 Å². The summed E-state index contributed by atoms with van der Waals surface area (Å²) in [4.78, 5) is 4.17. The molecular formula is C10H13N3O2. The van der Waals surface area contributed by atoms with Gasteiger partial charge in [0.1, 0.15) is 0 Å². The zero-order chi connectivity index (χ0) is 10.7. The van der Waals surface area contributed by atoms with Gasteiger partial charge in [0.15, 0.2) is 5.76 Å². The van der Waals surface area contributed by atoms with E-state index in [1.54, 1.807) is 18.4 Å². The van der Waals surface area contributed by atoms with Gasteiger partial charge in [-0.15, -0.1) is 0 Å². The Labute approximate surface area is 87.3 Å². The van der Waals surface area contributed by atoms with E-state index in [4.69, 9.17) is 14.7 Å². The minimum absolute atomic E-state index is 0.189. The minimum atomic E-state index is -0.189. The quantitative estimate of drug-likeness (QED) is 0.830. The molecule has 0 spiro atoms. The molecule has 0 fully saturated rings. The van der Waals surface area contributed by atoms with Gasteiger partial charge in [-0.1, -0.05) is 18.5 Å². The van der Waals surface area contributed by atoms with Crippen LogP contribution in [0.5, 0.6) is 0 Å². The fourth-order valence-electron chi connectivity index (χ4n) is 1.33. The first-order valence-corrected chi connectivity index (χ1v) is 4.94. The monoisotopic (exact) mass is 207 g/mol. The summed E-state index contributed by atoms with van der Waals surface area (Å²) in [7, 11) is 0. The molecule has 2 aromatic rings. The lowest BCUT2D eigenvalue weighted by Crippen LogP contribution is -2.09. The molecule has 15 heavy (non-hydrogen) atoms. The molecule has 0 aliphatic carbocycles. The van der Waals surface area contributed by atoms with Crippen molar-refractivity contribution in [3.8, 4) is 11.6 Å². The van der Waals surface area contributed by atoms with Gasteiger partial charge >= 0.3 is 0 Å². The third-order valence-corrected chi connectivity index (χ3v) is 2.10. The third kappa shape index (κ3) is 2.07. The molecule has 5 heteroatoms. The fraction of sp³-hybridized carbons (Fsp3) is 0.400. The van der Waals surface area contributed by atoms with Gasteiger partial charge in [-0.05, 0) is 18.6 Å². The molecule has 5 nitrogen and oxygen atoms in total. The SMILES string of the molecule is CCCC(N)c1nc(-c2ccco2)no1. The summed E-state index contributed by atoms with van der Waals surface area (Å²) < 4.78 is 10.2. The molecule has 2 heterocycles. The molecule has 0 radical (unpaired) electrons. The van der Waals surface area contributed by atoms with Crippen molar-refractivity contribution in [1.29, 1.82) is 0 Å². The fourth-order valence-corrected chi connectivity index (χ4v) is 1.33. The zero-order valence-electron chi connectivity index (χ0n) is 8.51. The summed E-state index contributed by atoms with van der Waals surface area (Å²) in [5.74, 6) is 1.50. The molecular weight excluding hydrogens is 194 g/mol. The highest BCUT2D eigenvalue weighted by molar-refractivity contribution is 5.44. The molecule has 0 saturated carbocycles. The minimum Gasteiger partial charge on any atom is -0.461 e. The summed E-state index contributed by atoms with van der Waals surface area (Å²) in [6, 6.07) is 3.36. The molecule has 1 atom stereocenters. The van der Waals surface area contributed by atoms with Crippen LogP contribution in [0.2, 0.25) is 0 Å². The number of nitrogens with two attached hydrogens (primary N) is 1. The highest BCUT2D eigenvalue weighted by Gasteiger charge is 2.15. The molecule has 2 rings (SSSR count). The Morgan fingerprint density at radius 2 is 2.40 bits per heavy atom. The van der Waals surface area contributed by atoms with Crippen LogP contribution in [-0.2, 0) is 0 Å². The smallest absolute Gasteiger partial charge is 0.243 e. The highest BCUT2D eigenvalue weighted by atomic mass is 16.5. The number of rotatable bonds is 4. The molecule has 0 aromatic carbocycles. The lowest BCUT2D eigenvalue weighted by atomic mass is 10.2. The van der Waals surface area contributed by atoms with Gasteiger partial charge in [0.2, 0.25) is 11.7 Å². The number of hydrogen-bond acceptors (Lipinski definition) is 5. The lowest BCUT2D eigenvalue weighted by molar-refractivity contribution is 0.347.